The third kappa shape index (κ3) is 7.80. The fraction of sp³-hybridized carbons (Fsp3) is 0.481. The van der Waals surface area contributed by atoms with E-state index < -0.39 is 42.0 Å². The van der Waals surface area contributed by atoms with E-state index in [2.05, 4.69) is 10.3 Å². The van der Waals surface area contributed by atoms with Gasteiger partial charge in [-0.05, 0) is 39.3 Å². The number of nitrogens with one attached hydrogen (secondary N) is 1. The maximum absolute atomic E-state index is 13.3. The molecule has 0 spiro atoms. The van der Waals surface area contributed by atoms with Crippen LogP contribution in [0.5, 0.6) is 5.75 Å². The molecule has 1 fully saturated rings. The fourth-order valence-electron chi connectivity index (χ4n) is 4.16. The number of piperazine rings is 1. The highest BCUT2D eigenvalue weighted by atomic mass is 16.6. The SMILES string of the molecule is CCOC(=O)C(C)Oc1cc(C(=O)NC(CCC(=O)O)C(=O)N2CCN(C(=O)OCC)CC2)nc2ccccc12. The predicted molar refractivity (Wildman–Crippen MR) is 142 cm³/mol. The number of nitrogens with zero attached hydrogens (tertiary/aromatic N) is 3. The Morgan fingerprint density at radius 1 is 1.00 bits per heavy atom. The van der Waals surface area contributed by atoms with E-state index in [4.69, 9.17) is 14.2 Å². The first-order valence-corrected chi connectivity index (χ1v) is 13.1. The van der Waals surface area contributed by atoms with E-state index in [-0.39, 0.29) is 63.7 Å². The topological polar surface area (TPSA) is 165 Å². The van der Waals surface area contributed by atoms with Crippen molar-refractivity contribution >= 4 is 40.7 Å². The summed E-state index contributed by atoms with van der Waals surface area (Å²) in [6, 6.07) is 7.10. The Kier molecular flexibility index (Phi) is 10.6. The molecule has 0 saturated carbocycles. The van der Waals surface area contributed by atoms with Gasteiger partial charge < -0.3 is 34.4 Å². The Balaban J connectivity index is 1.80. The zero-order valence-corrected chi connectivity index (χ0v) is 22.8. The molecule has 0 aliphatic carbocycles. The van der Waals surface area contributed by atoms with Gasteiger partial charge in [-0.25, -0.2) is 14.6 Å². The van der Waals surface area contributed by atoms with Gasteiger partial charge in [-0.3, -0.25) is 14.4 Å². The van der Waals surface area contributed by atoms with Crippen molar-refractivity contribution in [1.29, 1.82) is 0 Å². The van der Waals surface area contributed by atoms with Gasteiger partial charge >= 0.3 is 18.0 Å². The third-order valence-electron chi connectivity index (χ3n) is 6.20. The molecule has 13 nitrogen and oxygen atoms in total. The molecule has 2 unspecified atom stereocenters. The van der Waals surface area contributed by atoms with Crippen molar-refractivity contribution in [3.63, 3.8) is 0 Å². The van der Waals surface area contributed by atoms with Crippen molar-refractivity contribution in [3.8, 4) is 5.75 Å². The highest BCUT2D eigenvalue weighted by molar-refractivity contribution is 5.99. The second-order valence-corrected chi connectivity index (χ2v) is 9.00. The number of aromatic nitrogens is 1. The Hall–Kier alpha value is -4.42. The monoisotopic (exact) mass is 558 g/mol. The van der Waals surface area contributed by atoms with Crippen molar-refractivity contribution in [3.05, 3.63) is 36.0 Å². The fourth-order valence-corrected chi connectivity index (χ4v) is 4.16. The van der Waals surface area contributed by atoms with Crippen molar-refractivity contribution in [2.45, 2.75) is 45.8 Å². The molecular formula is C27H34N4O9. The Bertz CT molecular complexity index is 1240. The Morgan fingerprint density at radius 2 is 1.65 bits per heavy atom. The van der Waals surface area contributed by atoms with Gasteiger partial charge in [-0.2, -0.15) is 0 Å². The zero-order valence-electron chi connectivity index (χ0n) is 22.8. The van der Waals surface area contributed by atoms with Gasteiger partial charge in [0.05, 0.1) is 18.7 Å². The first-order chi connectivity index (χ1) is 19.1. The van der Waals surface area contributed by atoms with Crippen molar-refractivity contribution in [2.75, 3.05) is 39.4 Å². The molecule has 1 saturated heterocycles. The van der Waals surface area contributed by atoms with Gasteiger partial charge in [0.2, 0.25) is 5.91 Å². The quantitative estimate of drug-likeness (QED) is 0.389. The highest BCUT2D eigenvalue weighted by Gasteiger charge is 2.31. The molecule has 1 aliphatic rings. The molecule has 3 rings (SSSR count). The molecule has 2 heterocycles. The highest BCUT2D eigenvalue weighted by Crippen LogP contribution is 2.27. The molecular weight excluding hydrogens is 524 g/mol. The Morgan fingerprint density at radius 3 is 2.30 bits per heavy atom. The molecule has 40 heavy (non-hydrogen) atoms. The van der Waals surface area contributed by atoms with Gasteiger partial charge in [0.1, 0.15) is 17.5 Å². The van der Waals surface area contributed by atoms with Crippen LogP contribution in [0.25, 0.3) is 10.9 Å². The van der Waals surface area contributed by atoms with Crippen LogP contribution in [0.4, 0.5) is 4.79 Å². The van der Waals surface area contributed by atoms with Gasteiger partial charge in [0.25, 0.3) is 5.91 Å². The summed E-state index contributed by atoms with van der Waals surface area (Å²) in [5, 5.41) is 12.4. The third-order valence-corrected chi connectivity index (χ3v) is 6.20. The van der Waals surface area contributed by atoms with Gasteiger partial charge in [0, 0.05) is 44.1 Å². The summed E-state index contributed by atoms with van der Waals surface area (Å²) in [5.41, 5.74) is 0.342. The maximum Gasteiger partial charge on any atom is 0.409 e. The van der Waals surface area contributed by atoms with Gasteiger partial charge in [-0.1, -0.05) is 12.1 Å². The molecule has 2 atom stereocenters. The number of rotatable bonds is 11. The molecule has 1 aliphatic heterocycles. The molecule has 13 heteroatoms. The van der Waals surface area contributed by atoms with Crippen LogP contribution in [0.15, 0.2) is 30.3 Å². The van der Waals surface area contributed by atoms with E-state index in [0.29, 0.717) is 10.9 Å². The molecule has 3 amide bonds. The van der Waals surface area contributed by atoms with E-state index in [9.17, 15) is 29.1 Å². The van der Waals surface area contributed by atoms with Crippen LogP contribution in [0.1, 0.15) is 44.1 Å². The standard InChI is InChI=1S/C27H34N4O9/c1-4-38-26(36)17(3)40-22-16-21(28-19-9-7-6-8-18(19)22)24(34)29-20(10-11-23(32)33)25(35)30-12-14-31(15-13-30)27(37)39-5-2/h6-9,16-17,20H,4-5,10-15H2,1-3H3,(H,29,34)(H,32,33). The lowest BCUT2D eigenvalue weighted by Crippen LogP contribution is -2.56. The number of amides is 3. The number of hydrogen-bond donors (Lipinski definition) is 2. The molecule has 0 bridgehead atoms. The first-order valence-electron chi connectivity index (χ1n) is 13.1. The molecule has 216 valence electrons. The van der Waals surface area contributed by atoms with Crippen LogP contribution < -0.4 is 10.1 Å². The largest absolute Gasteiger partial charge is 0.481 e. The second-order valence-electron chi connectivity index (χ2n) is 9.00. The summed E-state index contributed by atoms with van der Waals surface area (Å²) in [4.78, 5) is 69.4. The number of ether oxygens (including phenoxy) is 3. The van der Waals surface area contributed by atoms with E-state index in [0.717, 1.165) is 0 Å². The maximum atomic E-state index is 13.3. The summed E-state index contributed by atoms with van der Waals surface area (Å²) in [7, 11) is 0. The lowest BCUT2D eigenvalue weighted by atomic mass is 10.1. The number of benzene rings is 1. The first kappa shape index (κ1) is 30.1. The number of para-hydroxylation sites is 1. The minimum atomic E-state index is -1.14. The number of hydrogen-bond acceptors (Lipinski definition) is 9. The number of carbonyl (C=O) groups is 5. The lowest BCUT2D eigenvalue weighted by Gasteiger charge is -2.35. The second kappa shape index (κ2) is 14.1. The minimum Gasteiger partial charge on any atom is -0.481 e. The van der Waals surface area contributed by atoms with Crippen molar-refractivity contribution in [2.24, 2.45) is 0 Å². The van der Waals surface area contributed by atoms with E-state index >= 15 is 0 Å². The van der Waals surface area contributed by atoms with Crippen LogP contribution in [-0.4, -0.2) is 101 Å². The molecule has 2 aromatic rings. The van der Waals surface area contributed by atoms with Crippen molar-refractivity contribution in [1.82, 2.24) is 20.1 Å². The van der Waals surface area contributed by atoms with E-state index in [1.54, 1.807) is 38.1 Å². The lowest BCUT2D eigenvalue weighted by molar-refractivity contribution is -0.150. The van der Waals surface area contributed by atoms with Crippen LogP contribution >= 0.6 is 0 Å². The number of pyridine rings is 1. The number of aliphatic carboxylic acids is 1. The number of carboxylic acids is 1. The van der Waals surface area contributed by atoms with Crippen molar-refractivity contribution < 1.29 is 43.3 Å². The smallest absolute Gasteiger partial charge is 0.409 e. The Labute approximate surface area is 231 Å². The zero-order chi connectivity index (χ0) is 29.2. The molecule has 0 radical (unpaired) electrons. The predicted octanol–water partition coefficient (Wildman–Crippen LogP) is 1.83. The summed E-state index contributed by atoms with van der Waals surface area (Å²) >= 11 is 0. The van der Waals surface area contributed by atoms with Crippen LogP contribution in [0.2, 0.25) is 0 Å². The van der Waals surface area contributed by atoms with Gasteiger partial charge in [0.15, 0.2) is 6.10 Å². The van der Waals surface area contributed by atoms with E-state index in [1.165, 1.54) is 22.8 Å². The number of carboxylic acid groups (broad SMARTS) is 1. The van der Waals surface area contributed by atoms with Crippen LogP contribution in [0.3, 0.4) is 0 Å². The molecule has 2 N–H and O–H groups in total. The number of esters is 1. The number of carbonyl (C=O) groups excluding carboxylic acids is 4. The average Bonchev–Trinajstić information content (AvgIpc) is 2.94. The van der Waals surface area contributed by atoms with Crippen LogP contribution in [-0.2, 0) is 23.9 Å². The van der Waals surface area contributed by atoms with E-state index in [1.807, 2.05) is 0 Å². The average molecular weight is 559 g/mol. The summed E-state index contributed by atoms with van der Waals surface area (Å²) in [6.07, 6.45) is -1.92. The summed E-state index contributed by atoms with van der Waals surface area (Å²) in [5.74, 6) is -2.65. The minimum absolute atomic E-state index is 0.0787. The molecule has 1 aromatic carbocycles. The summed E-state index contributed by atoms with van der Waals surface area (Å²) in [6.45, 7) is 6.22. The van der Waals surface area contributed by atoms with Gasteiger partial charge in [-0.15, -0.1) is 0 Å². The normalized spacial score (nSPS) is 14.7. The molecule has 1 aromatic heterocycles. The number of fused-ring (bicyclic) bond motifs is 1. The van der Waals surface area contributed by atoms with Crippen LogP contribution in [0, 0.1) is 0 Å². The summed E-state index contributed by atoms with van der Waals surface area (Å²) < 4.78 is 15.8.